The fourth-order valence-electron chi connectivity index (χ4n) is 1.44. The Hall–Kier alpha value is -1.25. The zero-order chi connectivity index (χ0) is 14.7. The van der Waals surface area contributed by atoms with Crippen LogP contribution in [-0.4, -0.2) is 12.4 Å². The summed E-state index contributed by atoms with van der Waals surface area (Å²) in [6.45, 7) is -0.210. The number of carbonyl (C=O) groups is 1. The Morgan fingerprint density at radius 2 is 2.05 bits per heavy atom. The minimum absolute atomic E-state index is 0.210. The number of ketones is 1. The van der Waals surface area contributed by atoms with Crippen molar-refractivity contribution in [3.8, 4) is 11.8 Å². The highest BCUT2D eigenvalue weighted by Gasteiger charge is 2.15. The van der Waals surface area contributed by atoms with E-state index in [0.717, 1.165) is 11.3 Å². The third-order valence-corrected chi connectivity index (χ3v) is 4.16. The summed E-state index contributed by atoms with van der Waals surface area (Å²) in [6.07, 6.45) is 0. The zero-order valence-corrected chi connectivity index (χ0v) is 12.9. The summed E-state index contributed by atoms with van der Waals surface area (Å²) < 4.78 is 6.10. The van der Waals surface area contributed by atoms with Crippen LogP contribution in [0.15, 0.2) is 24.3 Å². The molecule has 0 saturated carbocycles. The Morgan fingerprint density at radius 1 is 1.30 bits per heavy atom. The predicted octanol–water partition coefficient (Wildman–Crippen LogP) is 4.84. The number of rotatable bonds is 4. The number of carbonyl (C=O) groups excluding carboxylic acids is 1. The molecule has 0 atom stereocenters. The zero-order valence-electron chi connectivity index (χ0n) is 9.82. The maximum absolute atomic E-state index is 11.9. The van der Waals surface area contributed by atoms with Crippen molar-refractivity contribution < 1.29 is 9.53 Å². The lowest BCUT2D eigenvalue weighted by atomic mass is 10.2. The molecule has 7 heteroatoms. The van der Waals surface area contributed by atoms with Crippen LogP contribution in [0.1, 0.15) is 15.9 Å². The molecule has 0 radical (unpaired) electrons. The molecule has 0 aliphatic rings. The average molecular weight is 347 g/mol. The van der Waals surface area contributed by atoms with Crippen LogP contribution in [0.2, 0.25) is 13.7 Å². The number of nitriles is 1. The summed E-state index contributed by atoms with van der Waals surface area (Å²) in [5, 5.41) is 8.99. The van der Waals surface area contributed by atoms with Crippen LogP contribution in [-0.2, 0) is 0 Å². The number of thiophene rings is 1. The second kappa shape index (κ2) is 6.47. The lowest BCUT2D eigenvalue weighted by Gasteiger charge is -2.07. The molecular formula is C13H6Cl3NO2S. The molecular weight excluding hydrogens is 341 g/mol. The summed E-state index contributed by atoms with van der Waals surface area (Å²) in [5.41, 5.74) is 0.743. The fourth-order valence-corrected chi connectivity index (χ4v) is 3.17. The SMILES string of the molecule is N#Cc1ccc(OCC(=O)c2cc(Cl)sc2Cl)c(Cl)c1. The first-order chi connectivity index (χ1) is 9.51. The molecule has 1 aromatic heterocycles. The van der Waals surface area contributed by atoms with Gasteiger partial charge in [-0.15, -0.1) is 11.3 Å². The average Bonchev–Trinajstić information content (AvgIpc) is 2.76. The third-order valence-electron chi connectivity index (χ3n) is 2.38. The number of Topliss-reactive ketones (excluding diaryl/α,β-unsaturated/α-hetero) is 1. The summed E-state index contributed by atoms with van der Waals surface area (Å²) in [5.74, 6) is 0.0371. The first-order valence-corrected chi connectivity index (χ1v) is 7.27. The van der Waals surface area contributed by atoms with Gasteiger partial charge in [0.15, 0.2) is 6.61 Å². The smallest absolute Gasteiger partial charge is 0.202 e. The molecule has 2 rings (SSSR count). The van der Waals surface area contributed by atoms with E-state index < -0.39 is 0 Å². The first-order valence-electron chi connectivity index (χ1n) is 5.31. The molecule has 0 amide bonds. The minimum Gasteiger partial charge on any atom is -0.484 e. The molecule has 0 aliphatic heterocycles. The van der Waals surface area contributed by atoms with E-state index >= 15 is 0 Å². The van der Waals surface area contributed by atoms with E-state index in [-0.39, 0.29) is 17.4 Å². The molecule has 0 fully saturated rings. The number of ether oxygens (including phenoxy) is 1. The van der Waals surface area contributed by atoms with E-state index in [4.69, 9.17) is 44.8 Å². The van der Waals surface area contributed by atoms with Gasteiger partial charge in [-0.1, -0.05) is 34.8 Å². The maximum Gasteiger partial charge on any atom is 0.202 e. The van der Waals surface area contributed by atoms with Crippen LogP contribution in [0.25, 0.3) is 0 Å². The van der Waals surface area contributed by atoms with E-state index in [9.17, 15) is 4.79 Å². The monoisotopic (exact) mass is 345 g/mol. The Morgan fingerprint density at radius 3 is 2.60 bits per heavy atom. The summed E-state index contributed by atoms with van der Waals surface area (Å²) in [7, 11) is 0. The molecule has 0 unspecified atom stereocenters. The molecule has 0 saturated heterocycles. The van der Waals surface area contributed by atoms with Gasteiger partial charge in [0.2, 0.25) is 5.78 Å². The predicted molar refractivity (Wildman–Crippen MR) is 80.3 cm³/mol. The van der Waals surface area contributed by atoms with Crippen molar-refractivity contribution in [2.45, 2.75) is 0 Å². The number of halogens is 3. The number of hydrogen-bond donors (Lipinski definition) is 0. The van der Waals surface area contributed by atoms with Gasteiger partial charge in [-0.25, -0.2) is 0 Å². The lowest BCUT2D eigenvalue weighted by Crippen LogP contribution is -2.11. The highest BCUT2D eigenvalue weighted by atomic mass is 35.5. The van der Waals surface area contributed by atoms with Crippen LogP contribution < -0.4 is 4.74 Å². The molecule has 3 nitrogen and oxygen atoms in total. The van der Waals surface area contributed by atoms with Crippen molar-refractivity contribution in [2.24, 2.45) is 0 Å². The molecule has 0 spiro atoms. The molecule has 102 valence electrons. The normalized spacial score (nSPS) is 10.1. The van der Waals surface area contributed by atoms with E-state index in [1.54, 1.807) is 6.07 Å². The Labute approximate surface area is 134 Å². The Bertz CT molecular complexity index is 706. The van der Waals surface area contributed by atoms with Crippen LogP contribution in [0.5, 0.6) is 5.75 Å². The second-order valence-electron chi connectivity index (χ2n) is 3.71. The van der Waals surface area contributed by atoms with E-state index in [0.29, 0.717) is 25.5 Å². The van der Waals surface area contributed by atoms with E-state index in [1.165, 1.54) is 18.2 Å². The van der Waals surface area contributed by atoms with E-state index in [2.05, 4.69) is 0 Å². The van der Waals surface area contributed by atoms with Crippen molar-refractivity contribution in [1.82, 2.24) is 0 Å². The molecule has 2 aromatic rings. The maximum atomic E-state index is 11.9. The summed E-state index contributed by atoms with van der Waals surface area (Å²) in [6, 6.07) is 8.02. The molecule has 0 bridgehead atoms. The van der Waals surface area contributed by atoms with Crippen LogP contribution in [0.3, 0.4) is 0 Å². The van der Waals surface area contributed by atoms with Crippen molar-refractivity contribution in [3.05, 3.63) is 49.1 Å². The fraction of sp³-hybridized carbons (Fsp3) is 0.0769. The first kappa shape index (κ1) is 15.1. The molecule has 0 N–H and O–H groups in total. The van der Waals surface area contributed by atoms with Crippen molar-refractivity contribution >= 4 is 51.9 Å². The number of nitrogens with zero attached hydrogens (tertiary/aromatic N) is 1. The summed E-state index contributed by atoms with van der Waals surface area (Å²) >= 11 is 18.7. The van der Waals surface area contributed by atoms with Gasteiger partial charge in [0.05, 0.1) is 26.6 Å². The Balaban J connectivity index is 2.08. The number of benzene rings is 1. The van der Waals surface area contributed by atoms with Gasteiger partial charge in [-0.2, -0.15) is 5.26 Å². The molecule has 1 aromatic carbocycles. The van der Waals surface area contributed by atoms with Crippen LogP contribution >= 0.6 is 46.1 Å². The lowest BCUT2D eigenvalue weighted by molar-refractivity contribution is 0.0922. The molecule has 20 heavy (non-hydrogen) atoms. The highest BCUT2D eigenvalue weighted by molar-refractivity contribution is 7.20. The topological polar surface area (TPSA) is 50.1 Å². The van der Waals surface area contributed by atoms with Gasteiger partial charge in [0.1, 0.15) is 10.1 Å². The standard InChI is InChI=1S/C13H6Cl3NO2S/c14-9-3-7(5-17)1-2-11(9)19-6-10(18)8-4-12(15)20-13(8)16/h1-4H,6H2. The van der Waals surface area contributed by atoms with Gasteiger partial charge < -0.3 is 4.74 Å². The van der Waals surface area contributed by atoms with Gasteiger partial charge in [-0.05, 0) is 24.3 Å². The van der Waals surface area contributed by atoms with Crippen molar-refractivity contribution in [1.29, 1.82) is 5.26 Å². The van der Waals surface area contributed by atoms with Gasteiger partial charge in [0.25, 0.3) is 0 Å². The van der Waals surface area contributed by atoms with Gasteiger partial charge in [0, 0.05) is 0 Å². The van der Waals surface area contributed by atoms with Gasteiger partial charge in [-0.3, -0.25) is 4.79 Å². The Kier molecular flexibility index (Phi) is 4.90. The largest absolute Gasteiger partial charge is 0.484 e. The third kappa shape index (κ3) is 3.44. The highest BCUT2D eigenvalue weighted by Crippen LogP contribution is 2.32. The quantitative estimate of drug-likeness (QED) is 0.744. The molecule has 0 aliphatic carbocycles. The van der Waals surface area contributed by atoms with E-state index in [1.807, 2.05) is 6.07 Å². The minimum atomic E-state index is -0.293. The van der Waals surface area contributed by atoms with Crippen LogP contribution in [0, 0.1) is 11.3 Å². The van der Waals surface area contributed by atoms with Crippen molar-refractivity contribution in [2.75, 3.05) is 6.61 Å². The van der Waals surface area contributed by atoms with Crippen molar-refractivity contribution in [3.63, 3.8) is 0 Å². The number of hydrogen-bond acceptors (Lipinski definition) is 4. The molecule has 1 heterocycles. The van der Waals surface area contributed by atoms with Crippen LogP contribution in [0.4, 0.5) is 0 Å². The van der Waals surface area contributed by atoms with Gasteiger partial charge >= 0.3 is 0 Å². The second-order valence-corrected chi connectivity index (χ2v) is 6.40. The summed E-state index contributed by atoms with van der Waals surface area (Å²) in [4.78, 5) is 11.9.